The van der Waals surface area contributed by atoms with Gasteiger partial charge in [-0.3, -0.25) is 4.55 Å². The highest BCUT2D eigenvalue weighted by atomic mass is 32.2. The third kappa shape index (κ3) is 2.92. The van der Waals surface area contributed by atoms with Crippen molar-refractivity contribution in [3.8, 4) is 0 Å². The van der Waals surface area contributed by atoms with E-state index in [0.717, 1.165) is 0 Å². The SMILES string of the molecule is O=S(O)N[C@H]1C(O)O[C@H](CO)[C@@H](O)[C@@H]1O. The molecule has 0 aromatic heterocycles. The van der Waals surface area contributed by atoms with Crippen molar-refractivity contribution < 1.29 is 33.9 Å². The Labute approximate surface area is 87.9 Å². The third-order valence-corrected chi connectivity index (χ3v) is 2.61. The summed E-state index contributed by atoms with van der Waals surface area (Å²) in [4.78, 5) is 0. The highest BCUT2D eigenvalue weighted by Gasteiger charge is 2.44. The molecular formula is C6H13NO7S. The molecule has 0 amide bonds. The summed E-state index contributed by atoms with van der Waals surface area (Å²) in [6, 6.07) is -1.30. The highest BCUT2D eigenvalue weighted by molar-refractivity contribution is 7.77. The summed E-state index contributed by atoms with van der Waals surface area (Å²) < 4.78 is 25.5. The molecule has 0 aromatic rings. The van der Waals surface area contributed by atoms with E-state index in [2.05, 4.69) is 0 Å². The molecule has 1 fully saturated rings. The lowest BCUT2D eigenvalue weighted by Crippen LogP contribution is -2.63. The van der Waals surface area contributed by atoms with E-state index in [0.29, 0.717) is 0 Å². The molecule has 0 aromatic carbocycles. The van der Waals surface area contributed by atoms with Crippen molar-refractivity contribution in [2.45, 2.75) is 30.6 Å². The Morgan fingerprint density at radius 2 is 1.87 bits per heavy atom. The first kappa shape index (κ1) is 12.9. The standard InChI is InChI=1S/C6H13NO7S/c8-1-2-4(9)5(10)3(6(11)14-2)7-15(12)13/h2-11H,1H2,(H,12,13)/t2-,3-,4-,5-,6?/m1/s1. The molecule has 0 saturated carbocycles. The van der Waals surface area contributed by atoms with Gasteiger partial charge in [0.05, 0.1) is 6.61 Å². The first-order valence-electron chi connectivity index (χ1n) is 4.15. The Hall–Kier alpha value is -0.130. The van der Waals surface area contributed by atoms with Gasteiger partial charge in [-0.15, -0.1) is 0 Å². The second-order valence-corrected chi connectivity index (χ2v) is 3.86. The predicted octanol–water partition coefficient (Wildman–Crippen LogP) is -3.49. The molecule has 90 valence electrons. The number of nitrogens with one attached hydrogen (secondary N) is 1. The Bertz CT molecular complexity index is 240. The van der Waals surface area contributed by atoms with Crippen LogP contribution in [-0.2, 0) is 16.0 Å². The molecule has 6 N–H and O–H groups in total. The lowest BCUT2D eigenvalue weighted by Gasteiger charge is -2.39. The van der Waals surface area contributed by atoms with Gasteiger partial charge in [-0.05, 0) is 0 Å². The summed E-state index contributed by atoms with van der Waals surface area (Å²) in [6.07, 6.45) is -5.67. The van der Waals surface area contributed by atoms with Gasteiger partial charge in [0.1, 0.15) is 24.4 Å². The van der Waals surface area contributed by atoms with E-state index in [-0.39, 0.29) is 0 Å². The maximum atomic E-state index is 10.4. The third-order valence-electron chi connectivity index (χ3n) is 2.14. The Kier molecular flexibility index (Phi) is 4.55. The van der Waals surface area contributed by atoms with Gasteiger partial charge in [-0.25, -0.2) is 8.93 Å². The summed E-state index contributed by atoms with van der Waals surface area (Å²) >= 11 is -2.46. The van der Waals surface area contributed by atoms with Crippen LogP contribution in [0.5, 0.6) is 0 Å². The molecule has 15 heavy (non-hydrogen) atoms. The van der Waals surface area contributed by atoms with Crippen molar-refractivity contribution in [1.82, 2.24) is 4.72 Å². The van der Waals surface area contributed by atoms with Gasteiger partial charge in [-0.2, -0.15) is 0 Å². The van der Waals surface area contributed by atoms with E-state index in [1.807, 2.05) is 4.72 Å². The van der Waals surface area contributed by atoms with Crippen molar-refractivity contribution in [2.24, 2.45) is 0 Å². The zero-order valence-electron chi connectivity index (χ0n) is 7.55. The van der Waals surface area contributed by atoms with E-state index in [9.17, 15) is 19.5 Å². The van der Waals surface area contributed by atoms with Crippen LogP contribution in [0.15, 0.2) is 0 Å². The molecule has 0 spiro atoms. The normalized spacial score (nSPS) is 43.9. The highest BCUT2D eigenvalue weighted by Crippen LogP contribution is 2.19. The molecule has 0 radical (unpaired) electrons. The monoisotopic (exact) mass is 243 g/mol. The van der Waals surface area contributed by atoms with Crippen molar-refractivity contribution in [3.05, 3.63) is 0 Å². The van der Waals surface area contributed by atoms with Gasteiger partial charge < -0.3 is 25.2 Å². The average molecular weight is 243 g/mol. The smallest absolute Gasteiger partial charge is 0.232 e. The van der Waals surface area contributed by atoms with Crippen LogP contribution in [0, 0.1) is 0 Å². The summed E-state index contributed by atoms with van der Waals surface area (Å²) in [5, 5.41) is 36.8. The minimum Gasteiger partial charge on any atom is -0.394 e. The van der Waals surface area contributed by atoms with Crippen LogP contribution in [0.25, 0.3) is 0 Å². The zero-order valence-corrected chi connectivity index (χ0v) is 8.37. The number of hydrogen-bond acceptors (Lipinski definition) is 6. The fraction of sp³-hybridized carbons (Fsp3) is 1.00. The summed E-state index contributed by atoms with van der Waals surface area (Å²) in [7, 11) is 0. The fourth-order valence-electron chi connectivity index (χ4n) is 1.34. The van der Waals surface area contributed by atoms with E-state index in [4.69, 9.17) is 14.4 Å². The molecule has 1 rings (SSSR count). The Morgan fingerprint density at radius 3 is 2.33 bits per heavy atom. The number of hydrogen-bond donors (Lipinski definition) is 6. The summed E-state index contributed by atoms with van der Waals surface area (Å²) in [5.74, 6) is 0. The van der Waals surface area contributed by atoms with Gasteiger partial charge >= 0.3 is 0 Å². The van der Waals surface area contributed by atoms with Crippen LogP contribution in [0.1, 0.15) is 0 Å². The first-order chi connectivity index (χ1) is 6.97. The van der Waals surface area contributed by atoms with Gasteiger partial charge in [0.15, 0.2) is 6.29 Å². The van der Waals surface area contributed by atoms with Gasteiger partial charge in [0.25, 0.3) is 0 Å². The van der Waals surface area contributed by atoms with Crippen LogP contribution < -0.4 is 4.72 Å². The lowest BCUT2D eigenvalue weighted by molar-refractivity contribution is -0.251. The second-order valence-electron chi connectivity index (χ2n) is 3.12. The quantitative estimate of drug-likeness (QED) is 0.283. The molecule has 1 aliphatic rings. The van der Waals surface area contributed by atoms with Crippen LogP contribution in [0.4, 0.5) is 0 Å². The Balaban J connectivity index is 2.70. The lowest BCUT2D eigenvalue weighted by atomic mass is 9.98. The van der Waals surface area contributed by atoms with E-state index in [1.54, 1.807) is 0 Å². The molecule has 6 atom stereocenters. The van der Waals surface area contributed by atoms with Crippen molar-refractivity contribution in [1.29, 1.82) is 0 Å². The van der Waals surface area contributed by atoms with Crippen molar-refractivity contribution in [2.75, 3.05) is 6.61 Å². The number of rotatable bonds is 3. The fourth-order valence-corrected chi connectivity index (χ4v) is 1.83. The molecule has 1 saturated heterocycles. The van der Waals surface area contributed by atoms with Crippen LogP contribution in [0.3, 0.4) is 0 Å². The molecule has 0 bridgehead atoms. The summed E-state index contributed by atoms with van der Waals surface area (Å²) in [6.45, 7) is -0.579. The van der Waals surface area contributed by atoms with Gasteiger partial charge in [0.2, 0.25) is 11.3 Å². The van der Waals surface area contributed by atoms with Gasteiger partial charge in [-0.1, -0.05) is 0 Å². The molecule has 2 unspecified atom stereocenters. The molecule has 1 heterocycles. The van der Waals surface area contributed by atoms with Crippen LogP contribution >= 0.6 is 0 Å². The molecule has 8 nitrogen and oxygen atoms in total. The molecule has 0 aliphatic carbocycles. The Morgan fingerprint density at radius 1 is 1.27 bits per heavy atom. The zero-order chi connectivity index (χ0) is 11.6. The van der Waals surface area contributed by atoms with Gasteiger partial charge in [0, 0.05) is 0 Å². The number of ether oxygens (including phenoxy) is 1. The molecule has 9 heteroatoms. The average Bonchev–Trinajstić information content (AvgIpc) is 2.18. The minimum atomic E-state index is -2.46. The van der Waals surface area contributed by atoms with E-state index >= 15 is 0 Å². The van der Waals surface area contributed by atoms with Crippen molar-refractivity contribution >= 4 is 11.3 Å². The second kappa shape index (κ2) is 5.27. The largest absolute Gasteiger partial charge is 0.394 e. The maximum Gasteiger partial charge on any atom is 0.232 e. The molecule has 1 aliphatic heterocycles. The minimum absolute atomic E-state index is 0.579. The van der Waals surface area contributed by atoms with E-state index < -0.39 is 48.5 Å². The van der Waals surface area contributed by atoms with Crippen LogP contribution in [0.2, 0.25) is 0 Å². The first-order valence-corrected chi connectivity index (χ1v) is 5.25. The van der Waals surface area contributed by atoms with Crippen LogP contribution in [-0.4, -0.2) is 66.4 Å². The number of aliphatic hydroxyl groups is 4. The summed E-state index contributed by atoms with van der Waals surface area (Å²) in [5.41, 5.74) is 0. The number of aliphatic hydroxyl groups excluding tert-OH is 4. The van der Waals surface area contributed by atoms with Crippen molar-refractivity contribution in [3.63, 3.8) is 0 Å². The maximum absolute atomic E-state index is 10.4. The topological polar surface area (TPSA) is 139 Å². The molecular weight excluding hydrogens is 230 g/mol. The predicted molar refractivity (Wildman–Crippen MR) is 47.7 cm³/mol. The van der Waals surface area contributed by atoms with E-state index in [1.165, 1.54) is 0 Å².